The van der Waals surface area contributed by atoms with E-state index in [1.54, 1.807) is 12.1 Å². The minimum absolute atomic E-state index is 0.0604. The predicted octanol–water partition coefficient (Wildman–Crippen LogP) is 2.81. The molecule has 2 amide bonds. The number of rotatable bonds is 4. The molecule has 1 aromatic carbocycles. The molecule has 3 aliphatic rings. The third kappa shape index (κ3) is 3.37. The number of carbonyl (C=O) groups excluding carboxylic acids is 3. The van der Waals surface area contributed by atoms with Gasteiger partial charge in [-0.1, -0.05) is 24.4 Å². The molecule has 0 bridgehead atoms. The average Bonchev–Trinajstić information content (AvgIpc) is 2.96. The van der Waals surface area contributed by atoms with Gasteiger partial charge in [0.05, 0.1) is 18.4 Å². The predicted molar refractivity (Wildman–Crippen MR) is 98.3 cm³/mol. The maximum Gasteiger partial charge on any atom is 0.329 e. The van der Waals surface area contributed by atoms with Crippen molar-refractivity contribution in [2.45, 2.75) is 51.9 Å². The Balaban J connectivity index is 1.45. The van der Waals surface area contributed by atoms with Crippen LogP contribution in [-0.4, -0.2) is 35.5 Å². The number of hydrogen-bond acceptors (Lipinski definition) is 6. The summed E-state index contributed by atoms with van der Waals surface area (Å²) in [5.74, 6) is -1.11. The fourth-order valence-electron chi connectivity index (χ4n) is 4.31. The van der Waals surface area contributed by atoms with Gasteiger partial charge in [0, 0.05) is 16.1 Å². The highest BCUT2D eigenvalue weighted by atomic mass is 35.5. The van der Waals surface area contributed by atoms with E-state index in [-0.39, 0.29) is 37.0 Å². The molecule has 0 aromatic heterocycles. The van der Waals surface area contributed by atoms with Crippen molar-refractivity contribution in [2.75, 3.05) is 6.79 Å². The zero-order chi connectivity index (χ0) is 19.8. The van der Waals surface area contributed by atoms with Crippen LogP contribution in [0.15, 0.2) is 12.1 Å². The molecule has 8 heteroatoms. The molecule has 0 spiro atoms. The molecular formula is C20H22ClNO6. The lowest BCUT2D eigenvalue weighted by atomic mass is 9.81. The number of carbonyl (C=O) groups is 3. The largest absolute Gasteiger partial charge is 0.467 e. The highest BCUT2D eigenvalue weighted by Gasteiger charge is 2.51. The number of nitrogens with zero attached hydrogens (tertiary/aromatic N) is 1. The van der Waals surface area contributed by atoms with E-state index in [1.807, 2.05) is 0 Å². The Bertz CT molecular complexity index is 801. The van der Waals surface area contributed by atoms with E-state index >= 15 is 0 Å². The Hall–Kier alpha value is -2.12. The van der Waals surface area contributed by atoms with E-state index in [0.29, 0.717) is 35.8 Å². The standard InChI is InChI=1S/C20H22ClNO6/c1-11(22-18(23)15-4-2-3-5-16(15)19(22)24)20(25)27-9-13-7-14(21)6-12-8-26-10-28-17(12)13/h6-7,11,15-16H,2-5,8-10H2,1H3/t11-,15-,16+/m0/s1. The summed E-state index contributed by atoms with van der Waals surface area (Å²) >= 11 is 6.12. The molecule has 3 atom stereocenters. The summed E-state index contributed by atoms with van der Waals surface area (Å²) in [5, 5.41) is 0.487. The monoisotopic (exact) mass is 407 g/mol. The summed E-state index contributed by atoms with van der Waals surface area (Å²) in [7, 11) is 0. The fourth-order valence-corrected chi connectivity index (χ4v) is 4.57. The third-order valence-electron chi connectivity index (χ3n) is 5.73. The van der Waals surface area contributed by atoms with Crippen molar-refractivity contribution in [3.05, 3.63) is 28.3 Å². The number of ether oxygens (including phenoxy) is 3. The summed E-state index contributed by atoms with van der Waals surface area (Å²) in [5.41, 5.74) is 1.41. The lowest BCUT2D eigenvalue weighted by molar-refractivity contribution is -0.159. The van der Waals surface area contributed by atoms with Gasteiger partial charge < -0.3 is 14.2 Å². The van der Waals surface area contributed by atoms with Crippen molar-refractivity contribution in [1.29, 1.82) is 0 Å². The summed E-state index contributed by atoms with van der Waals surface area (Å²) in [6, 6.07) is 2.46. The minimum Gasteiger partial charge on any atom is -0.467 e. The first-order chi connectivity index (χ1) is 13.5. The second kappa shape index (κ2) is 7.72. The highest BCUT2D eigenvalue weighted by molar-refractivity contribution is 6.30. The summed E-state index contributed by atoms with van der Waals surface area (Å²) in [6.45, 7) is 1.96. The van der Waals surface area contributed by atoms with E-state index in [2.05, 4.69) is 0 Å². The lowest BCUT2D eigenvalue weighted by Crippen LogP contribution is -2.44. The van der Waals surface area contributed by atoms with Crippen LogP contribution in [0.4, 0.5) is 0 Å². The highest BCUT2D eigenvalue weighted by Crippen LogP contribution is 2.39. The van der Waals surface area contributed by atoms with E-state index in [4.69, 9.17) is 25.8 Å². The van der Waals surface area contributed by atoms with Crippen LogP contribution < -0.4 is 4.74 Å². The Kier molecular flexibility index (Phi) is 5.29. The first-order valence-electron chi connectivity index (χ1n) is 9.52. The molecule has 2 fully saturated rings. The smallest absolute Gasteiger partial charge is 0.329 e. The van der Waals surface area contributed by atoms with Gasteiger partial charge in [0.15, 0.2) is 6.79 Å². The topological polar surface area (TPSA) is 82.1 Å². The summed E-state index contributed by atoms with van der Waals surface area (Å²) in [4.78, 5) is 39.0. The molecule has 4 rings (SSSR count). The van der Waals surface area contributed by atoms with Gasteiger partial charge in [-0.05, 0) is 31.9 Å². The van der Waals surface area contributed by atoms with Crippen molar-refractivity contribution in [2.24, 2.45) is 11.8 Å². The van der Waals surface area contributed by atoms with Crippen LogP contribution in [0.25, 0.3) is 0 Å². The first kappa shape index (κ1) is 19.2. The molecule has 0 N–H and O–H groups in total. The number of hydrogen-bond donors (Lipinski definition) is 0. The zero-order valence-corrected chi connectivity index (χ0v) is 16.4. The van der Waals surface area contributed by atoms with E-state index in [1.165, 1.54) is 6.92 Å². The van der Waals surface area contributed by atoms with E-state index < -0.39 is 12.0 Å². The quantitative estimate of drug-likeness (QED) is 0.564. The van der Waals surface area contributed by atoms with E-state index in [0.717, 1.165) is 23.3 Å². The number of fused-ring (bicyclic) bond motifs is 2. The van der Waals surface area contributed by atoms with Crippen molar-refractivity contribution >= 4 is 29.4 Å². The Morgan fingerprint density at radius 1 is 1.25 bits per heavy atom. The number of halogens is 1. The molecule has 1 aliphatic carbocycles. The molecule has 2 aliphatic heterocycles. The van der Waals surface area contributed by atoms with Crippen LogP contribution in [-0.2, 0) is 37.1 Å². The summed E-state index contributed by atoms with van der Waals surface area (Å²) < 4.78 is 16.2. The van der Waals surface area contributed by atoms with Crippen molar-refractivity contribution in [3.8, 4) is 5.75 Å². The fraction of sp³-hybridized carbons (Fsp3) is 0.550. The Labute approximate surface area is 167 Å². The van der Waals surface area contributed by atoms with Crippen LogP contribution in [0.3, 0.4) is 0 Å². The molecule has 1 saturated carbocycles. The molecule has 0 unspecified atom stereocenters. The van der Waals surface area contributed by atoms with Gasteiger partial charge in [0.1, 0.15) is 18.4 Å². The number of amides is 2. The zero-order valence-electron chi connectivity index (χ0n) is 15.6. The van der Waals surface area contributed by atoms with Gasteiger partial charge in [-0.3, -0.25) is 14.5 Å². The molecule has 0 radical (unpaired) electrons. The van der Waals surface area contributed by atoms with Gasteiger partial charge in [-0.15, -0.1) is 0 Å². The second-order valence-electron chi connectivity index (χ2n) is 7.49. The van der Waals surface area contributed by atoms with Gasteiger partial charge in [-0.2, -0.15) is 0 Å². The maximum absolute atomic E-state index is 12.7. The van der Waals surface area contributed by atoms with Crippen LogP contribution in [0, 0.1) is 11.8 Å². The lowest BCUT2D eigenvalue weighted by Gasteiger charge is -2.23. The van der Waals surface area contributed by atoms with Crippen LogP contribution >= 0.6 is 11.6 Å². The van der Waals surface area contributed by atoms with Gasteiger partial charge in [-0.25, -0.2) is 4.79 Å². The number of benzene rings is 1. The van der Waals surface area contributed by atoms with Crippen LogP contribution in [0.2, 0.25) is 5.02 Å². The van der Waals surface area contributed by atoms with Crippen LogP contribution in [0.5, 0.6) is 5.75 Å². The van der Waals surface area contributed by atoms with Crippen LogP contribution in [0.1, 0.15) is 43.7 Å². The summed E-state index contributed by atoms with van der Waals surface area (Å²) in [6.07, 6.45) is 3.30. The van der Waals surface area contributed by atoms with Crippen molar-refractivity contribution in [3.63, 3.8) is 0 Å². The molecule has 150 valence electrons. The molecule has 1 saturated heterocycles. The van der Waals surface area contributed by atoms with Crippen molar-refractivity contribution < 1.29 is 28.6 Å². The second-order valence-corrected chi connectivity index (χ2v) is 7.93. The number of esters is 1. The maximum atomic E-state index is 12.7. The molecule has 7 nitrogen and oxygen atoms in total. The molecule has 2 heterocycles. The molecular weight excluding hydrogens is 386 g/mol. The minimum atomic E-state index is -0.954. The molecule has 1 aromatic rings. The first-order valence-corrected chi connectivity index (χ1v) is 9.90. The third-order valence-corrected chi connectivity index (χ3v) is 5.94. The molecule has 28 heavy (non-hydrogen) atoms. The van der Waals surface area contributed by atoms with Gasteiger partial charge >= 0.3 is 5.97 Å². The number of likely N-dealkylation sites (tertiary alicyclic amines) is 1. The number of imide groups is 1. The SMILES string of the molecule is C[C@@H](C(=O)OCc1cc(Cl)cc2c1OCOC2)N1C(=O)[C@H]2CCCC[C@H]2C1=O. The van der Waals surface area contributed by atoms with E-state index in [9.17, 15) is 14.4 Å². The van der Waals surface area contributed by atoms with Gasteiger partial charge in [0.2, 0.25) is 11.8 Å². The van der Waals surface area contributed by atoms with Crippen molar-refractivity contribution in [1.82, 2.24) is 4.90 Å². The van der Waals surface area contributed by atoms with Gasteiger partial charge in [0.25, 0.3) is 0 Å². The Morgan fingerprint density at radius 2 is 1.93 bits per heavy atom. The Morgan fingerprint density at radius 3 is 2.61 bits per heavy atom. The average molecular weight is 408 g/mol. The normalized spacial score (nSPS) is 25.0.